The molecular weight excluding hydrogens is 339 g/mol. The number of carbonyl (C=O) groups excluding carboxylic acids is 1. The van der Waals surface area contributed by atoms with Gasteiger partial charge >= 0.3 is 16.4 Å². The van der Waals surface area contributed by atoms with Gasteiger partial charge in [0.15, 0.2) is 0 Å². The highest BCUT2D eigenvalue weighted by Gasteiger charge is 2.46. The number of nitrogens with zero attached hydrogens (tertiary/aromatic N) is 2. The van der Waals surface area contributed by atoms with Crippen LogP contribution in [0.4, 0.5) is 4.79 Å². The lowest BCUT2D eigenvalue weighted by Crippen LogP contribution is -2.36. The third kappa shape index (κ3) is 2.19. The van der Waals surface area contributed by atoms with Gasteiger partial charge < -0.3 is 4.90 Å². The number of hydrogen-bond donors (Lipinski definition) is 1. The van der Waals surface area contributed by atoms with Crippen molar-refractivity contribution < 1.29 is 22.0 Å². The van der Waals surface area contributed by atoms with Gasteiger partial charge in [0.1, 0.15) is 0 Å². The first-order valence-corrected chi connectivity index (χ1v) is 6.90. The maximum Gasteiger partial charge on any atom is 0.418 e. The Hall–Kier alpha value is -0.130. The Bertz CT molecular complexity index is 385. The molecule has 0 aromatic rings. The molecule has 1 unspecified atom stereocenters. The molecule has 15 heavy (non-hydrogen) atoms. The largest absolute Gasteiger partial charge is 0.418 e. The summed E-state index contributed by atoms with van der Waals surface area (Å²) in [7, 11) is -4.62. The maximum absolute atomic E-state index is 11.6. The molecule has 2 aliphatic heterocycles. The van der Waals surface area contributed by atoms with Gasteiger partial charge in [-0.25, -0.2) is 4.79 Å². The Labute approximate surface area is 100 Å². The Balaban J connectivity index is 2.18. The molecule has 0 radical (unpaired) electrons. The molecule has 0 aliphatic carbocycles. The summed E-state index contributed by atoms with van der Waals surface area (Å²) in [5.74, 6) is 0. The zero-order valence-electron chi connectivity index (χ0n) is 7.54. The fourth-order valence-electron chi connectivity index (χ4n) is 1.78. The Morgan fingerprint density at radius 3 is 2.67 bits per heavy atom. The fraction of sp³-hybridized carbons (Fsp3) is 0.833. The predicted octanol–water partition coefficient (Wildman–Crippen LogP) is 0.382. The molecule has 2 bridgehead atoms. The van der Waals surface area contributed by atoms with E-state index in [1.807, 2.05) is 0 Å². The molecule has 0 spiro atoms. The molecule has 2 rings (SSSR count). The van der Waals surface area contributed by atoms with Crippen LogP contribution in [0.15, 0.2) is 0 Å². The van der Waals surface area contributed by atoms with Crippen LogP contribution in [0.25, 0.3) is 0 Å². The van der Waals surface area contributed by atoms with Crippen LogP contribution in [0.3, 0.4) is 0 Å². The summed E-state index contributed by atoms with van der Waals surface area (Å²) in [5, 5.41) is 0.744. The second-order valence-corrected chi connectivity index (χ2v) is 5.87. The van der Waals surface area contributed by atoms with Gasteiger partial charge in [-0.15, -0.1) is 4.28 Å². The molecule has 2 saturated heterocycles. The van der Waals surface area contributed by atoms with Crippen molar-refractivity contribution >= 4 is 39.0 Å². The van der Waals surface area contributed by atoms with E-state index in [2.05, 4.69) is 26.9 Å². The van der Waals surface area contributed by atoms with E-state index in [0.717, 1.165) is 11.5 Å². The average molecular weight is 348 g/mol. The maximum atomic E-state index is 11.6. The van der Waals surface area contributed by atoms with E-state index in [4.69, 9.17) is 4.55 Å². The van der Waals surface area contributed by atoms with E-state index in [-0.39, 0.29) is 10.1 Å². The van der Waals surface area contributed by atoms with E-state index in [1.165, 1.54) is 4.90 Å². The number of alkyl halides is 1. The number of hydrogen-bond acceptors (Lipinski definition) is 4. The first kappa shape index (κ1) is 11.4. The average Bonchev–Trinajstić information content (AvgIpc) is 2.35. The van der Waals surface area contributed by atoms with Crippen molar-refractivity contribution in [1.29, 1.82) is 0 Å². The third-order valence-electron chi connectivity index (χ3n) is 2.42. The van der Waals surface area contributed by atoms with E-state index in [1.54, 1.807) is 0 Å². The minimum Gasteiger partial charge on any atom is -0.309 e. The molecule has 86 valence electrons. The summed E-state index contributed by atoms with van der Waals surface area (Å²) in [5.41, 5.74) is 0. The molecule has 1 N–H and O–H groups in total. The first-order valence-electron chi connectivity index (χ1n) is 4.29. The number of rotatable bonds is 2. The summed E-state index contributed by atoms with van der Waals surface area (Å²) in [4.78, 5) is 13.1. The van der Waals surface area contributed by atoms with Crippen LogP contribution in [-0.2, 0) is 14.7 Å². The van der Waals surface area contributed by atoms with Crippen molar-refractivity contribution in [3.8, 4) is 0 Å². The van der Waals surface area contributed by atoms with Gasteiger partial charge in [0.2, 0.25) is 0 Å². The van der Waals surface area contributed by atoms with Crippen LogP contribution in [0.1, 0.15) is 12.8 Å². The molecule has 7 nitrogen and oxygen atoms in total. The second kappa shape index (κ2) is 3.71. The van der Waals surface area contributed by atoms with Crippen LogP contribution in [-0.4, -0.2) is 45.6 Å². The molecular formula is C6H9IN2O5S. The molecule has 2 atom stereocenters. The molecule has 2 aliphatic rings. The molecule has 0 aromatic carbocycles. The van der Waals surface area contributed by atoms with Crippen molar-refractivity contribution in [2.45, 2.75) is 22.9 Å². The van der Waals surface area contributed by atoms with Crippen LogP contribution in [0.5, 0.6) is 0 Å². The van der Waals surface area contributed by atoms with E-state index >= 15 is 0 Å². The highest BCUT2D eigenvalue weighted by molar-refractivity contribution is 14.1. The highest BCUT2D eigenvalue weighted by Crippen LogP contribution is 2.32. The smallest absolute Gasteiger partial charge is 0.309 e. The van der Waals surface area contributed by atoms with Crippen molar-refractivity contribution in [3.63, 3.8) is 0 Å². The topological polar surface area (TPSA) is 87.1 Å². The standard InChI is InChI=1S/C6H9IN2O5S/c7-5-2-1-4-3-8(5)6(10)9(4)14-15(11,12)13/h4-5H,1-3H2,(H,11,12,13)/t4?,5-/m0/s1. The van der Waals surface area contributed by atoms with Crippen LogP contribution in [0, 0.1) is 0 Å². The third-order valence-corrected chi connectivity index (χ3v) is 4.07. The number of amides is 2. The van der Waals surface area contributed by atoms with Gasteiger partial charge in [0.25, 0.3) is 0 Å². The summed E-state index contributed by atoms with van der Waals surface area (Å²) in [6.45, 7) is 0.446. The number of urea groups is 1. The van der Waals surface area contributed by atoms with Gasteiger partial charge in [0, 0.05) is 6.54 Å². The zero-order chi connectivity index (χ0) is 11.2. The van der Waals surface area contributed by atoms with E-state index in [0.29, 0.717) is 13.0 Å². The van der Waals surface area contributed by atoms with Gasteiger partial charge in [0.05, 0.1) is 10.1 Å². The van der Waals surface area contributed by atoms with E-state index < -0.39 is 16.4 Å². The van der Waals surface area contributed by atoms with Crippen molar-refractivity contribution in [1.82, 2.24) is 9.96 Å². The molecule has 9 heteroatoms. The minimum absolute atomic E-state index is 0.0568. The van der Waals surface area contributed by atoms with Crippen molar-refractivity contribution in [2.24, 2.45) is 0 Å². The molecule has 0 saturated carbocycles. The van der Waals surface area contributed by atoms with Gasteiger partial charge in [-0.1, -0.05) is 22.6 Å². The van der Waals surface area contributed by atoms with Crippen molar-refractivity contribution in [3.05, 3.63) is 0 Å². The summed E-state index contributed by atoms with van der Waals surface area (Å²) in [6.07, 6.45) is 1.47. The highest BCUT2D eigenvalue weighted by atomic mass is 127. The lowest BCUT2D eigenvalue weighted by molar-refractivity contribution is -0.0316. The quantitative estimate of drug-likeness (QED) is 0.338. The van der Waals surface area contributed by atoms with Gasteiger partial charge in [-0.05, 0) is 12.8 Å². The monoisotopic (exact) mass is 348 g/mol. The fourth-order valence-corrected chi connectivity index (χ4v) is 3.00. The number of halogens is 1. The minimum atomic E-state index is -4.62. The van der Waals surface area contributed by atoms with Crippen LogP contribution >= 0.6 is 22.6 Å². The number of piperidine rings is 1. The molecule has 2 fully saturated rings. The van der Waals surface area contributed by atoms with Crippen molar-refractivity contribution in [2.75, 3.05) is 6.54 Å². The molecule has 2 amide bonds. The molecule has 0 aromatic heterocycles. The van der Waals surface area contributed by atoms with Crippen LogP contribution < -0.4 is 0 Å². The lowest BCUT2D eigenvalue weighted by atomic mass is 10.1. The summed E-state index contributed by atoms with van der Waals surface area (Å²) >= 11 is 2.12. The SMILES string of the molecule is O=C1N(OS(=O)(=O)O)C2CC[C@@H](I)N1C2. The van der Waals surface area contributed by atoms with Gasteiger partial charge in [-0.2, -0.15) is 13.5 Å². The predicted molar refractivity (Wildman–Crippen MR) is 57.4 cm³/mol. The lowest BCUT2D eigenvalue weighted by Gasteiger charge is -2.25. The Kier molecular flexibility index (Phi) is 2.81. The normalized spacial score (nSPS) is 31.2. The summed E-state index contributed by atoms with van der Waals surface area (Å²) < 4.78 is 33.9. The zero-order valence-corrected chi connectivity index (χ0v) is 10.5. The molecule has 2 heterocycles. The number of hydroxylamine groups is 2. The first-order chi connectivity index (χ1) is 6.88. The Morgan fingerprint density at radius 2 is 2.13 bits per heavy atom. The second-order valence-electron chi connectivity index (χ2n) is 3.43. The summed E-state index contributed by atoms with van der Waals surface area (Å²) in [6, 6.07) is -0.792. The van der Waals surface area contributed by atoms with E-state index in [9.17, 15) is 13.2 Å². The van der Waals surface area contributed by atoms with Crippen LogP contribution in [0.2, 0.25) is 0 Å². The number of carbonyl (C=O) groups is 1. The number of fused-ring (bicyclic) bond motifs is 2. The van der Waals surface area contributed by atoms with Gasteiger partial charge in [-0.3, -0.25) is 4.55 Å². The Morgan fingerprint density at radius 1 is 1.47 bits per heavy atom.